The van der Waals surface area contributed by atoms with Crippen molar-refractivity contribution in [3.05, 3.63) is 12.2 Å². The zero-order chi connectivity index (χ0) is 14.8. The molecule has 0 bridgehead atoms. The van der Waals surface area contributed by atoms with E-state index in [1.807, 2.05) is 13.8 Å². The van der Waals surface area contributed by atoms with Gasteiger partial charge in [0, 0.05) is 10.6 Å². The predicted molar refractivity (Wildman–Crippen MR) is 82.0 cm³/mol. The Labute approximate surface area is 115 Å². The summed E-state index contributed by atoms with van der Waals surface area (Å²) in [4.78, 5) is 11.8. The van der Waals surface area contributed by atoms with E-state index in [-0.39, 0.29) is 11.0 Å². The number of esters is 1. The van der Waals surface area contributed by atoms with Crippen molar-refractivity contribution in [1.29, 1.82) is 0 Å². The van der Waals surface area contributed by atoms with Gasteiger partial charge in [-0.2, -0.15) is 0 Å². The standard InChI is InChI=1S/C13H28O3Si2/c1-10(2)11(14)15-12(3,4)13(5,6)18(8,9)16-17-7/h1,17H2,2-9H3. The fourth-order valence-electron chi connectivity index (χ4n) is 1.71. The minimum Gasteiger partial charge on any atom is -0.460 e. The normalized spacial score (nSPS) is 14.0. The predicted octanol–water partition coefficient (Wildman–Crippen LogP) is 3.02. The van der Waals surface area contributed by atoms with Gasteiger partial charge in [-0.05, 0) is 33.9 Å². The molecule has 0 aromatic carbocycles. The zero-order valence-corrected chi connectivity index (χ0v) is 15.6. The maximum absolute atomic E-state index is 11.8. The van der Waals surface area contributed by atoms with Gasteiger partial charge >= 0.3 is 5.97 Å². The van der Waals surface area contributed by atoms with Crippen molar-refractivity contribution in [2.75, 3.05) is 0 Å². The fourth-order valence-corrected chi connectivity index (χ4v) is 7.54. The molecule has 0 saturated carbocycles. The summed E-state index contributed by atoms with van der Waals surface area (Å²) in [6, 6.07) is 0. The van der Waals surface area contributed by atoms with Crippen LogP contribution in [0.25, 0.3) is 0 Å². The Morgan fingerprint density at radius 2 is 1.67 bits per heavy atom. The molecule has 0 aliphatic carbocycles. The first-order valence-electron chi connectivity index (χ1n) is 6.42. The van der Waals surface area contributed by atoms with Crippen LogP contribution in [0.1, 0.15) is 34.6 Å². The van der Waals surface area contributed by atoms with Gasteiger partial charge in [-0.3, -0.25) is 0 Å². The quantitative estimate of drug-likeness (QED) is 0.428. The number of carbonyl (C=O) groups excluding carboxylic acids is 1. The van der Waals surface area contributed by atoms with Crippen LogP contribution in [0, 0.1) is 0 Å². The highest BCUT2D eigenvalue weighted by molar-refractivity contribution is 6.78. The number of carbonyl (C=O) groups is 1. The molecular formula is C13H28O3Si2. The van der Waals surface area contributed by atoms with Gasteiger partial charge < -0.3 is 8.85 Å². The van der Waals surface area contributed by atoms with Crippen molar-refractivity contribution < 1.29 is 13.6 Å². The first-order chi connectivity index (χ1) is 7.89. The molecule has 0 saturated heterocycles. The second-order valence-corrected chi connectivity index (χ2v) is 12.3. The highest BCUT2D eigenvalue weighted by Gasteiger charge is 2.52. The SMILES string of the molecule is C=C(C)C(=O)OC(C)(C)C(C)(C)[Si](C)(C)O[SiH2]C. The lowest BCUT2D eigenvalue weighted by Crippen LogP contribution is -2.55. The number of rotatable bonds is 6. The van der Waals surface area contributed by atoms with Crippen LogP contribution in [-0.4, -0.2) is 29.7 Å². The van der Waals surface area contributed by atoms with E-state index < -0.39 is 23.7 Å². The van der Waals surface area contributed by atoms with Crippen LogP contribution in [0.4, 0.5) is 0 Å². The Kier molecular flexibility index (Phi) is 5.59. The van der Waals surface area contributed by atoms with E-state index in [9.17, 15) is 4.79 Å². The van der Waals surface area contributed by atoms with Crippen LogP contribution in [0.5, 0.6) is 0 Å². The van der Waals surface area contributed by atoms with Gasteiger partial charge in [0.15, 0.2) is 8.32 Å². The van der Waals surface area contributed by atoms with Crippen molar-refractivity contribution in [2.24, 2.45) is 0 Å². The summed E-state index contributed by atoms with van der Waals surface area (Å²) >= 11 is 0. The third-order valence-corrected chi connectivity index (χ3v) is 11.9. The second-order valence-electron chi connectivity index (χ2n) is 6.25. The highest BCUT2D eigenvalue weighted by atomic mass is 28.4. The summed E-state index contributed by atoms with van der Waals surface area (Å²) < 4.78 is 11.7. The third kappa shape index (κ3) is 3.55. The van der Waals surface area contributed by atoms with Gasteiger partial charge in [0.25, 0.3) is 0 Å². The van der Waals surface area contributed by atoms with Crippen LogP contribution in [0.15, 0.2) is 12.2 Å². The van der Waals surface area contributed by atoms with E-state index in [4.69, 9.17) is 8.85 Å². The van der Waals surface area contributed by atoms with E-state index in [1.54, 1.807) is 6.92 Å². The Bertz CT molecular complexity index is 333. The molecule has 3 nitrogen and oxygen atoms in total. The molecule has 106 valence electrons. The molecule has 0 aliphatic rings. The molecule has 0 atom stereocenters. The highest BCUT2D eigenvalue weighted by Crippen LogP contribution is 2.49. The van der Waals surface area contributed by atoms with E-state index in [0.717, 1.165) is 0 Å². The molecule has 0 amide bonds. The van der Waals surface area contributed by atoms with Gasteiger partial charge in [0.1, 0.15) is 15.4 Å². The molecule has 0 unspecified atom stereocenters. The first-order valence-corrected chi connectivity index (χ1v) is 11.3. The maximum atomic E-state index is 11.8. The zero-order valence-electron chi connectivity index (χ0n) is 13.1. The number of ether oxygens (including phenoxy) is 1. The average Bonchev–Trinajstić information content (AvgIpc) is 2.15. The maximum Gasteiger partial charge on any atom is 0.333 e. The molecule has 18 heavy (non-hydrogen) atoms. The van der Waals surface area contributed by atoms with Crippen molar-refractivity contribution in [3.63, 3.8) is 0 Å². The van der Waals surface area contributed by atoms with Crippen LogP contribution >= 0.6 is 0 Å². The summed E-state index contributed by atoms with van der Waals surface area (Å²) in [5.74, 6) is -0.327. The second kappa shape index (κ2) is 5.71. The van der Waals surface area contributed by atoms with Crippen molar-refractivity contribution in [2.45, 2.75) is 64.9 Å². The average molecular weight is 289 g/mol. The smallest absolute Gasteiger partial charge is 0.333 e. The molecule has 0 N–H and O–H groups in total. The lowest BCUT2D eigenvalue weighted by Gasteiger charge is -2.49. The van der Waals surface area contributed by atoms with Crippen LogP contribution in [0.3, 0.4) is 0 Å². The van der Waals surface area contributed by atoms with Crippen LogP contribution in [0.2, 0.25) is 24.7 Å². The van der Waals surface area contributed by atoms with E-state index in [1.165, 1.54) is 0 Å². The lowest BCUT2D eigenvalue weighted by molar-refractivity contribution is -0.155. The van der Waals surface area contributed by atoms with E-state index in [2.05, 4.69) is 40.1 Å². The van der Waals surface area contributed by atoms with Crippen molar-refractivity contribution in [1.82, 2.24) is 0 Å². The van der Waals surface area contributed by atoms with Gasteiger partial charge in [-0.1, -0.05) is 27.0 Å². The Morgan fingerprint density at radius 1 is 1.22 bits per heavy atom. The fraction of sp³-hybridized carbons (Fsp3) is 0.769. The van der Waals surface area contributed by atoms with Crippen molar-refractivity contribution in [3.8, 4) is 0 Å². The topological polar surface area (TPSA) is 35.5 Å². The number of hydrogen-bond donors (Lipinski definition) is 0. The molecule has 0 aromatic rings. The molecule has 0 radical (unpaired) electrons. The van der Waals surface area contributed by atoms with E-state index >= 15 is 0 Å². The minimum absolute atomic E-state index is 0.172. The summed E-state index contributed by atoms with van der Waals surface area (Å²) in [6.07, 6.45) is 0. The Hall–Kier alpha value is -0.396. The van der Waals surface area contributed by atoms with Gasteiger partial charge in [-0.15, -0.1) is 0 Å². The monoisotopic (exact) mass is 288 g/mol. The third-order valence-electron chi connectivity index (χ3n) is 4.21. The summed E-state index contributed by atoms with van der Waals surface area (Å²) in [5.41, 5.74) is -0.133. The Morgan fingerprint density at radius 3 is 2.00 bits per heavy atom. The van der Waals surface area contributed by atoms with Crippen LogP contribution < -0.4 is 0 Å². The molecule has 0 aliphatic heterocycles. The molecular weight excluding hydrogens is 260 g/mol. The first kappa shape index (κ1) is 17.6. The van der Waals surface area contributed by atoms with Crippen molar-refractivity contribution >= 4 is 24.0 Å². The Balaban J connectivity index is 5.18. The number of hydrogen-bond acceptors (Lipinski definition) is 3. The molecule has 0 heterocycles. The molecule has 0 aromatic heterocycles. The largest absolute Gasteiger partial charge is 0.460 e. The summed E-state index contributed by atoms with van der Waals surface area (Å²) in [6.45, 7) is 20.0. The van der Waals surface area contributed by atoms with Gasteiger partial charge in [-0.25, -0.2) is 4.79 Å². The van der Waals surface area contributed by atoms with Gasteiger partial charge in [0.05, 0.1) is 0 Å². The molecule has 0 fully saturated rings. The van der Waals surface area contributed by atoms with Crippen LogP contribution in [-0.2, 0) is 13.6 Å². The summed E-state index contributed by atoms with van der Waals surface area (Å²) in [5, 5.41) is -0.172. The summed E-state index contributed by atoms with van der Waals surface area (Å²) in [7, 11) is -2.38. The minimum atomic E-state index is -1.91. The molecule has 5 heteroatoms. The van der Waals surface area contributed by atoms with E-state index in [0.29, 0.717) is 5.57 Å². The van der Waals surface area contributed by atoms with Gasteiger partial charge in [0.2, 0.25) is 0 Å². The lowest BCUT2D eigenvalue weighted by atomic mass is 9.93. The molecule has 0 rings (SSSR count). The molecule has 0 spiro atoms.